The molecule has 68 valence electrons. The van der Waals surface area contributed by atoms with Crippen molar-refractivity contribution in [3.63, 3.8) is 0 Å². The van der Waals surface area contributed by atoms with E-state index in [1.807, 2.05) is 36.4 Å². The molecular formula is C12H14O. The van der Waals surface area contributed by atoms with Gasteiger partial charge in [-0.05, 0) is 12.0 Å². The highest BCUT2D eigenvalue weighted by molar-refractivity contribution is 5.49. The van der Waals surface area contributed by atoms with Gasteiger partial charge < -0.3 is 5.11 Å². The van der Waals surface area contributed by atoms with Crippen LogP contribution in [-0.2, 0) is 0 Å². The van der Waals surface area contributed by atoms with Crippen molar-refractivity contribution in [2.24, 2.45) is 0 Å². The summed E-state index contributed by atoms with van der Waals surface area (Å²) < 4.78 is 0. The predicted molar refractivity (Wildman–Crippen MR) is 56.3 cm³/mol. The van der Waals surface area contributed by atoms with Crippen LogP contribution >= 0.6 is 0 Å². The highest BCUT2D eigenvalue weighted by atomic mass is 16.3. The maximum absolute atomic E-state index is 9.35. The Labute approximate surface area is 79.0 Å². The summed E-state index contributed by atoms with van der Waals surface area (Å²) >= 11 is 0. The molecule has 1 aromatic carbocycles. The van der Waals surface area contributed by atoms with E-state index in [2.05, 4.69) is 6.58 Å². The lowest BCUT2D eigenvalue weighted by Crippen LogP contribution is -1.98. The third-order valence-corrected chi connectivity index (χ3v) is 1.72. The van der Waals surface area contributed by atoms with E-state index in [1.165, 1.54) is 0 Å². The van der Waals surface area contributed by atoms with Crippen LogP contribution in [-0.4, -0.2) is 11.2 Å². The molecule has 13 heavy (non-hydrogen) atoms. The predicted octanol–water partition coefficient (Wildman–Crippen LogP) is 2.64. The van der Waals surface area contributed by atoms with E-state index >= 15 is 0 Å². The van der Waals surface area contributed by atoms with Crippen molar-refractivity contribution in [2.45, 2.75) is 12.5 Å². The molecule has 0 heterocycles. The van der Waals surface area contributed by atoms with Crippen molar-refractivity contribution in [1.29, 1.82) is 0 Å². The van der Waals surface area contributed by atoms with Crippen LogP contribution in [0, 0.1) is 0 Å². The van der Waals surface area contributed by atoms with Crippen LogP contribution in [0.25, 0.3) is 6.08 Å². The van der Waals surface area contributed by atoms with Gasteiger partial charge in [-0.1, -0.05) is 48.6 Å². The summed E-state index contributed by atoms with van der Waals surface area (Å²) in [6.45, 7) is 3.56. The second-order valence-electron chi connectivity index (χ2n) is 2.86. The summed E-state index contributed by atoms with van der Waals surface area (Å²) in [4.78, 5) is 0. The van der Waals surface area contributed by atoms with Crippen LogP contribution in [0.4, 0.5) is 0 Å². The Morgan fingerprint density at radius 3 is 2.62 bits per heavy atom. The largest absolute Gasteiger partial charge is 0.389 e. The molecule has 1 heteroatoms. The quantitative estimate of drug-likeness (QED) is 0.696. The van der Waals surface area contributed by atoms with Gasteiger partial charge in [-0.25, -0.2) is 0 Å². The first-order chi connectivity index (χ1) is 6.33. The lowest BCUT2D eigenvalue weighted by molar-refractivity contribution is 0.228. The number of hydrogen-bond acceptors (Lipinski definition) is 1. The Morgan fingerprint density at radius 2 is 2.00 bits per heavy atom. The minimum Gasteiger partial charge on any atom is -0.389 e. The Kier molecular flexibility index (Phi) is 4.00. The van der Waals surface area contributed by atoms with Gasteiger partial charge in [-0.2, -0.15) is 0 Å². The molecular weight excluding hydrogens is 160 g/mol. The SMILES string of the molecule is C=CCC(O)/C=C/c1ccccc1. The zero-order valence-corrected chi connectivity index (χ0v) is 7.56. The Balaban J connectivity index is 2.53. The normalized spacial score (nSPS) is 13.0. The van der Waals surface area contributed by atoms with Gasteiger partial charge in [0.1, 0.15) is 0 Å². The topological polar surface area (TPSA) is 20.2 Å². The van der Waals surface area contributed by atoms with Crippen LogP contribution in [0.5, 0.6) is 0 Å². The summed E-state index contributed by atoms with van der Waals surface area (Å²) in [6, 6.07) is 9.91. The molecule has 0 radical (unpaired) electrons. The summed E-state index contributed by atoms with van der Waals surface area (Å²) in [5.41, 5.74) is 1.10. The van der Waals surface area contributed by atoms with Gasteiger partial charge in [-0.15, -0.1) is 6.58 Å². The number of benzene rings is 1. The van der Waals surface area contributed by atoms with E-state index in [0.717, 1.165) is 5.56 Å². The van der Waals surface area contributed by atoms with Gasteiger partial charge in [0.15, 0.2) is 0 Å². The van der Waals surface area contributed by atoms with Gasteiger partial charge in [0.05, 0.1) is 6.10 Å². The summed E-state index contributed by atoms with van der Waals surface area (Å²) in [7, 11) is 0. The third kappa shape index (κ3) is 3.72. The summed E-state index contributed by atoms with van der Waals surface area (Å²) in [6.07, 6.45) is 5.58. The average Bonchev–Trinajstić information content (AvgIpc) is 2.17. The van der Waals surface area contributed by atoms with Gasteiger partial charge in [0.2, 0.25) is 0 Å². The Morgan fingerprint density at radius 1 is 1.31 bits per heavy atom. The van der Waals surface area contributed by atoms with E-state index in [-0.39, 0.29) is 0 Å². The maximum Gasteiger partial charge on any atom is 0.0758 e. The maximum atomic E-state index is 9.35. The summed E-state index contributed by atoms with van der Waals surface area (Å²) in [5, 5.41) is 9.35. The molecule has 0 spiro atoms. The molecule has 1 rings (SSSR count). The molecule has 0 bridgehead atoms. The molecule has 0 saturated heterocycles. The van der Waals surface area contributed by atoms with Crippen molar-refractivity contribution in [2.75, 3.05) is 0 Å². The Bertz CT molecular complexity index is 274. The summed E-state index contributed by atoms with van der Waals surface area (Å²) in [5.74, 6) is 0. The zero-order chi connectivity index (χ0) is 9.52. The van der Waals surface area contributed by atoms with E-state index in [4.69, 9.17) is 0 Å². The molecule has 0 saturated carbocycles. The second-order valence-corrected chi connectivity index (χ2v) is 2.86. The molecule has 1 atom stereocenters. The number of rotatable bonds is 4. The lowest BCUT2D eigenvalue weighted by atomic mass is 10.1. The lowest BCUT2D eigenvalue weighted by Gasteiger charge is -1.99. The van der Waals surface area contributed by atoms with Crippen LogP contribution in [0.15, 0.2) is 49.1 Å². The highest BCUT2D eigenvalue weighted by Gasteiger charge is 1.93. The van der Waals surface area contributed by atoms with Crippen LogP contribution in [0.2, 0.25) is 0 Å². The highest BCUT2D eigenvalue weighted by Crippen LogP contribution is 2.03. The van der Waals surface area contributed by atoms with Crippen molar-refractivity contribution < 1.29 is 5.11 Å². The first-order valence-electron chi connectivity index (χ1n) is 4.35. The molecule has 0 aromatic heterocycles. The number of hydrogen-bond donors (Lipinski definition) is 1. The van der Waals surface area contributed by atoms with Gasteiger partial charge >= 0.3 is 0 Å². The van der Waals surface area contributed by atoms with E-state index in [9.17, 15) is 5.11 Å². The van der Waals surface area contributed by atoms with Crippen molar-refractivity contribution >= 4 is 6.08 Å². The van der Waals surface area contributed by atoms with E-state index in [0.29, 0.717) is 6.42 Å². The van der Waals surface area contributed by atoms with Gasteiger partial charge in [-0.3, -0.25) is 0 Å². The van der Waals surface area contributed by atoms with Crippen molar-refractivity contribution in [3.8, 4) is 0 Å². The molecule has 0 fully saturated rings. The molecule has 0 aliphatic rings. The number of aliphatic hydroxyl groups is 1. The van der Waals surface area contributed by atoms with E-state index < -0.39 is 6.10 Å². The minimum atomic E-state index is -0.419. The monoisotopic (exact) mass is 174 g/mol. The molecule has 1 aromatic rings. The standard InChI is InChI=1S/C12H14O/c1-2-6-12(13)10-9-11-7-4-3-5-8-11/h2-5,7-10,12-13H,1,6H2/b10-9+. The molecule has 0 amide bonds. The first kappa shape index (κ1) is 9.75. The second kappa shape index (κ2) is 5.33. The van der Waals surface area contributed by atoms with Crippen molar-refractivity contribution in [1.82, 2.24) is 0 Å². The smallest absolute Gasteiger partial charge is 0.0758 e. The number of aliphatic hydroxyl groups excluding tert-OH is 1. The average molecular weight is 174 g/mol. The van der Waals surface area contributed by atoms with Crippen LogP contribution in [0.3, 0.4) is 0 Å². The van der Waals surface area contributed by atoms with Crippen molar-refractivity contribution in [3.05, 3.63) is 54.6 Å². The molecule has 0 aliphatic carbocycles. The van der Waals surface area contributed by atoms with Gasteiger partial charge in [0, 0.05) is 0 Å². The molecule has 1 nitrogen and oxygen atoms in total. The molecule has 1 unspecified atom stereocenters. The van der Waals surface area contributed by atoms with Crippen LogP contribution < -0.4 is 0 Å². The fourth-order valence-electron chi connectivity index (χ4n) is 1.04. The first-order valence-corrected chi connectivity index (χ1v) is 4.35. The minimum absolute atomic E-state index is 0.419. The van der Waals surface area contributed by atoms with Gasteiger partial charge in [0.25, 0.3) is 0 Å². The Hall–Kier alpha value is -1.34. The van der Waals surface area contributed by atoms with Crippen LogP contribution in [0.1, 0.15) is 12.0 Å². The third-order valence-electron chi connectivity index (χ3n) is 1.72. The fraction of sp³-hybridized carbons (Fsp3) is 0.167. The fourth-order valence-corrected chi connectivity index (χ4v) is 1.04. The molecule has 0 aliphatic heterocycles. The zero-order valence-electron chi connectivity index (χ0n) is 7.56. The molecule has 1 N–H and O–H groups in total. The van der Waals surface area contributed by atoms with E-state index in [1.54, 1.807) is 12.2 Å².